The van der Waals surface area contributed by atoms with Gasteiger partial charge in [-0.1, -0.05) is 60.4 Å². The number of amides is 2. The van der Waals surface area contributed by atoms with Crippen LogP contribution in [0.2, 0.25) is 0 Å². The Hall–Kier alpha value is -3.62. The van der Waals surface area contributed by atoms with Crippen LogP contribution in [0, 0.1) is 13.8 Å². The summed E-state index contributed by atoms with van der Waals surface area (Å²) in [6.45, 7) is 6.09. The Bertz CT molecular complexity index is 1340. The van der Waals surface area contributed by atoms with Crippen LogP contribution in [0.3, 0.4) is 0 Å². The number of nitrogens with zero attached hydrogens (tertiary/aromatic N) is 1. The highest BCUT2D eigenvalue weighted by atomic mass is 32.2. The smallest absolute Gasteiger partial charge is 0.270 e. The molecule has 0 radical (unpaired) electrons. The molecule has 36 heavy (non-hydrogen) atoms. The van der Waals surface area contributed by atoms with Gasteiger partial charge >= 0.3 is 0 Å². The molecule has 1 aliphatic heterocycles. The van der Waals surface area contributed by atoms with Crippen molar-refractivity contribution < 1.29 is 19.1 Å². The van der Waals surface area contributed by atoms with Crippen molar-refractivity contribution in [2.24, 2.45) is 0 Å². The van der Waals surface area contributed by atoms with E-state index in [1.165, 1.54) is 16.7 Å². The summed E-state index contributed by atoms with van der Waals surface area (Å²) in [6, 6.07) is 20.4. The third-order valence-corrected chi connectivity index (χ3v) is 6.91. The Morgan fingerprint density at radius 1 is 1.03 bits per heavy atom. The van der Waals surface area contributed by atoms with Gasteiger partial charge in [-0.25, -0.2) is 0 Å². The lowest BCUT2D eigenvalue weighted by Gasteiger charge is -2.14. The van der Waals surface area contributed by atoms with Crippen molar-refractivity contribution in [2.75, 3.05) is 23.4 Å². The van der Waals surface area contributed by atoms with Crippen LogP contribution in [0.5, 0.6) is 11.5 Å². The number of hydrogen-bond acceptors (Lipinski definition) is 6. The number of nitrogens with one attached hydrogen (secondary N) is 1. The van der Waals surface area contributed by atoms with Crippen LogP contribution in [0.25, 0.3) is 6.08 Å². The molecule has 6 nitrogen and oxygen atoms in total. The average Bonchev–Trinajstić information content (AvgIpc) is 3.14. The summed E-state index contributed by atoms with van der Waals surface area (Å²) in [7, 11) is 0. The molecule has 184 valence electrons. The first-order valence-electron chi connectivity index (χ1n) is 11.5. The lowest BCUT2D eigenvalue weighted by molar-refractivity contribution is -0.118. The van der Waals surface area contributed by atoms with E-state index in [9.17, 15) is 9.59 Å². The topological polar surface area (TPSA) is 67.9 Å². The third kappa shape index (κ3) is 5.78. The van der Waals surface area contributed by atoms with Gasteiger partial charge in [-0.2, -0.15) is 0 Å². The van der Waals surface area contributed by atoms with E-state index in [-0.39, 0.29) is 18.4 Å². The Morgan fingerprint density at radius 2 is 1.81 bits per heavy atom. The molecule has 0 saturated carbocycles. The number of benzene rings is 3. The molecule has 0 aliphatic carbocycles. The van der Waals surface area contributed by atoms with Crippen LogP contribution in [-0.4, -0.2) is 29.3 Å². The molecule has 3 aromatic carbocycles. The first-order valence-corrected chi connectivity index (χ1v) is 12.7. The van der Waals surface area contributed by atoms with Crippen LogP contribution < -0.4 is 19.7 Å². The summed E-state index contributed by atoms with van der Waals surface area (Å²) in [6.07, 6.45) is 1.78. The molecule has 1 saturated heterocycles. The number of carbonyl (C=O) groups excluding carboxylic acids is 2. The second kappa shape index (κ2) is 11.4. The Kier molecular flexibility index (Phi) is 8.07. The normalized spacial score (nSPS) is 14.3. The molecule has 0 unspecified atom stereocenters. The average molecular weight is 519 g/mol. The Morgan fingerprint density at radius 3 is 2.56 bits per heavy atom. The van der Waals surface area contributed by atoms with E-state index in [1.807, 2.05) is 75.4 Å². The molecule has 0 spiro atoms. The zero-order valence-electron chi connectivity index (χ0n) is 20.2. The maximum absolute atomic E-state index is 13.0. The Balaban J connectivity index is 1.47. The van der Waals surface area contributed by atoms with E-state index in [4.69, 9.17) is 21.7 Å². The lowest BCUT2D eigenvalue weighted by Crippen LogP contribution is -2.27. The minimum absolute atomic E-state index is 0.164. The van der Waals surface area contributed by atoms with Crippen molar-refractivity contribution in [1.29, 1.82) is 0 Å². The van der Waals surface area contributed by atoms with Crippen LogP contribution in [0.15, 0.2) is 71.6 Å². The van der Waals surface area contributed by atoms with E-state index in [0.717, 1.165) is 28.1 Å². The zero-order chi connectivity index (χ0) is 25.7. The van der Waals surface area contributed by atoms with Gasteiger partial charge in [0.25, 0.3) is 11.8 Å². The highest BCUT2D eigenvalue weighted by Gasteiger charge is 2.33. The summed E-state index contributed by atoms with van der Waals surface area (Å²) in [4.78, 5) is 27.6. The highest BCUT2D eigenvalue weighted by Crippen LogP contribution is 2.37. The van der Waals surface area contributed by atoms with Crippen molar-refractivity contribution in [3.8, 4) is 11.5 Å². The molecule has 1 aliphatic rings. The number of anilines is 2. The van der Waals surface area contributed by atoms with Crippen LogP contribution in [-0.2, 0) is 9.59 Å². The predicted octanol–water partition coefficient (Wildman–Crippen LogP) is 6.13. The largest absolute Gasteiger partial charge is 0.490 e. The van der Waals surface area contributed by atoms with Crippen molar-refractivity contribution in [1.82, 2.24) is 0 Å². The molecule has 0 bridgehead atoms. The Labute approximate surface area is 220 Å². The number of hydrogen-bond donors (Lipinski definition) is 1. The SMILES string of the molecule is CCOc1cc(/C=C2\SC(=S)N(c3ccccc3)C2=O)ccc1OCC(=O)Nc1cccc(C)c1C. The molecule has 1 N–H and O–H groups in total. The van der Waals surface area contributed by atoms with E-state index in [0.29, 0.717) is 27.3 Å². The van der Waals surface area contributed by atoms with Gasteiger partial charge in [-0.05, 0) is 73.9 Å². The first-order chi connectivity index (χ1) is 17.4. The van der Waals surface area contributed by atoms with Gasteiger partial charge < -0.3 is 14.8 Å². The van der Waals surface area contributed by atoms with E-state index >= 15 is 0 Å². The number of aryl methyl sites for hydroxylation is 1. The summed E-state index contributed by atoms with van der Waals surface area (Å²) >= 11 is 6.70. The predicted molar refractivity (Wildman–Crippen MR) is 150 cm³/mol. The molecule has 0 atom stereocenters. The van der Waals surface area contributed by atoms with Gasteiger partial charge in [0, 0.05) is 5.69 Å². The molecule has 0 aromatic heterocycles. The van der Waals surface area contributed by atoms with Crippen molar-refractivity contribution in [2.45, 2.75) is 20.8 Å². The van der Waals surface area contributed by atoms with Crippen LogP contribution in [0.1, 0.15) is 23.6 Å². The molecule has 1 heterocycles. The molecule has 2 amide bonds. The summed E-state index contributed by atoms with van der Waals surface area (Å²) in [5, 5.41) is 2.89. The zero-order valence-corrected chi connectivity index (χ0v) is 21.9. The molecule has 1 fully saturated rings. The van der Waals surface area contributed by atoms with Crippen molar-refractivity contribution in [3.05, 3.63) is 88.3 Å². The van der Waals surface area contributed by atoms with E-state index in [1.54, 1.807) is 18.2 Å². The van der Waals surface area contributed by atoms with Crippen molar-refractivity contribution >= 4 is 57.6 Å². The number of ether oxygens (including phenoxy) is 2. The molecule has 8 heteroatoms. The number of thiocarbonyl (C=S) groups is 1. The number of carbonyl (C=O) groups is 2. The summed E-state index contributed by atoms with van der Waals surface area (Å²) in [5.74, 6) is 0.503. The van der Waals surface area contributed by atoms with Crippen LogP contribution in [0.4, 0.5) is 11.4 Å². The molecular weight excluding hydrogens is 492 g/mol. The third-order valence-electron chi connectivity index (χ3n) is 5.61. The minimum Gasteiger partial charge on any atom is -0.490 e. The van der Waals surface area contributed by atoms with E-state index < -0.39 is 0 Å². The second-order valence-electron chi connectivity index (χ2n) is 8.08. The fourth-order valence-electron chi connectivity index (χ4n) is 3.64. The van der Waals surface area contributed by atoms with Gasteiger partial charge in [0.15, 0.2) is 22.4 Å². The molecule has 3 aromatic rings. The fraction of sp³-hybridized carbons (Fsp3) is 0.179. The maximum Gasteiger partial charge on any atom is 0.270 e. The molecular formula is C28H26N2O4S2. The minimum atomic E-state index is -0.264. The van der Waals surface area contributed by atoms with Gasteiger partial charge in [-0.15, -0.1) is 0 Å². The van der Waals surface area contributed by atoms with Crippen LogP contribution >= 0.6 is 24.0 Å². The molecule has 4 rings (SSSR count). The number of para-hydroxylation sites is 1. The van der Waals surface area contributed by atoms with Gasteiger partial charge in [0.2, 0.25) is 0 Å². The summed E-state index contributed by atoms with van der Waals surface area (Å²) < 4.78 is 12.0. The quantitative estimate of drug-likeness (QED) is 0.286. The number of thioether (sulfide) groups is 1. The monoisotopic (exact) mass is 518 g/mol. The van der Waals surface area contributed by atoms with Crippen molar-refractivity contribution in [3.63, 3.8) is 0 Å². The maximum atomic E-state index is 13.0. The van der Waals surface area contributed by atoms with Gasteiger partial charge in [0.05, 0.1) is 17.2 Å². The van der Waals surface area contributed by atoms with Gasteiger partial charge in [0.1, 0.15) is 0 Å². The van der Waals surface area contributed by atoms with Gasteiger partial charge in [-0.3, -0.25) is 14.5 Å². The lowest BCUT2D eigenvalue weighted by atomic mass is 10.1. The fourth-order valence-corrected chi connectivity index (χ4v) is 4.94. The number of rotatable bonds is 8. The standard InChI is InChI=1S/C28H26N2O4S2/c1-4-33-24-15-20(16-25-27(32)30(28(35)36-25)21-10-6-5-7-11-21)13-14-23(24)34-17-26(31)29-22-12-8-9-18(2)19(22)3/h5-16H,4,17H2,1-3H3,(H,29,31)/b25-16-. The second-order valence-corrected chi connectivity index (χ2v) is 9.75. The summed E-state index contributed by atoms with van der Waals surface area (Å²) in [5.41, 5.74) is 4.38. The first kappa shape index (κ1) is 25.5. The van der Waals surface area contributed by atoms with E-state index in [2.05, 4.69) is 5.32 Å². The highest BCUT2D eigenvalue weighted by molar-refractivity contribution is 8.27.